The highest BCUT2D eigenvalue weighted by Crippen LogP contribution is 2.27. The highest BCUT2D eigenvalue weighted by Gasteiger charge is 2.24. The smallest absolute Gasteiger partial charge is 0.215 e. The van der Waals surface area contributed by atoms with E-state index in [4.69, 9.17) is 4.74 Å². The van der Waals surface area contributed by atoms with Gasteiger partial charge in [-0.2, -0.15) is 4.31 Å². The van der Waals surface area contributed by atoms with Crippen LogP contribution in [0.25, 0.3) is 0 Å². The summed E-state index contributed by atoms with van der Waals surface area (Å²) < 4.78 is 31.5. The number of nitrogens with one attached hydrogen (secondary N) is 2. The van der Waals surface area contributed by atoms with Crippen molar-refractivity contribution >= 4 is 51.3 Å². The van der Waals surface area contributed by atoms with Gasteiger partial charge in [0.15, 0.2) is 5.96 Å². The maximum atomic E-state index is 12.4. The molecule has 0 radical (unpaired) electrons. The molecule has 0 amide bonds. The van der Waals surface area contributed by atoms with Crippen LogP contribution in [0, 0.1) is 0 Å². The summed E-state index contributed by atoms with van der Waals surface area (Å²) in [5.74, 6) is 0.695. The Bertz CT molecular complexity index is 672. The Morgan fingerprint density at radius 2 is 2.04 bits per heavy atom. The van der Waals surface area contributed by atoms with Crippen molar-refractivity contribution in [2.75, 3.05) is 51.7 Å². The minimum Gasteiger partial charge on any atom is -0.379 e. The van der Waals surface area contributed by atoms with Crippen molar-refractivity contribution < 1.29 is 13.2 Å². The maximum Gasteiger partial charge on any atom is 0.215 e. The summed E-state index contributed by atoms with van der Waals surface area (Å²) in [6, 6.07) is 4.17. The number of ether oxygens (including phenoxy) is 1. The lowest BCUT2D eigenvalue weighted by atomic mass is 9.92. The lowest BCUT2D eigenvalue weighted by Gasteiger charge is -2.26. The van der Waals surface area contributed by atoms with Gasteiger partial charge in [0.1, 0.15) is 0 Å². The molecular formula is C17H31IN4O3S2. The van der Waals surface area contributed by atoms with E-state index in [1.807, 2.05) is 13.0 Å². The Balaban J connectivity index is 0.00000364. The summed E-state index contributed by atoms with van der Waals surface area (Å²) in [4.78, 5) is 5.93. The van der Waals surface area contributed by atoms with Crippen LogP contribution < -0.4 is 10.6 Å². The van der Waals surface area contributed by atoms with Crippen molar-refractivity contribution in [3.8, 4) is 0 Å². The molecule has 2 N–H and O–H groups in total. The normalized spacial score (nSPS) is 16.6. The van der Waals surface area contributed by atoms with Gasteiger partial charge in [0.05, 0.1) is 25.5 Å². The van der Waals surface area contributed by atoms with Gasteiger partial charge in [0.25, 0.3) is 0 Å². The summed E-state index contributed by atoms with van der Waals surface area (Å²) in [5, 5.41) is 8.39. The van der Waals surface area contributed by atoms with Crippen molar-refractivity contribution in [2.24, 2.45) is 4.99 Å². The molecule has 0 unspecified atom stereocenters. The van der Waals surface area contributed by atoms with Gasteiger partial charge in [-0.15, -0.1) is 35.3 Å². The number of aliphatic imine (C=N–C) groups is 1. The second kappa shape index (κ2) is 11.5. The van der Waals surface area contributed by atoms with Crippen LogP contribution >= 0.6 is 35.3 Å². The minimum atomic E-state index is -3.26. The molecular weight excluding hydrogens is 499 g/mol. The van der Waals surface area contributed by atoms with Gasteiger partial charge in [0.2, 0.25) is 10.0 Å². The van der Waals surface area contributed by atoms with E-state index < -0.39 is 10.0 Å². The molecule has 0 saturated carbocycles. The average molecular weight is 530 g/mol. The van der Waals surface area contributed by atoms with Crippen LogP contribution in [0.2, 0.25) is 0 Å². The van der Waals surface area contributed by atoms with Crippen LogP contribution in [0.15, 0.2) is 22.5 Å². The Hall–Kier alpha value is -0.430. The number of guanidine groups is 1. The first-order valence-corrected chi connectivity index (χ1v) is 11.5. The van der Waals surface area contributed by atoms with E-state index in [1.54, 1.807) is 11.3 Å². The van der Waals surface area contributed by atoms with Crippen LogP contribution in [-0.2, 0) is 20.2 Å². The highest BCUT2D eigenvalue weighted by molar-refractivity contribution is 14.0. The second-order valence-electron chi connectivity index (χ2n) is 6.81. The molecule has 1 aromatic rings. The predicted octanol–water partition coefficient (Wildman–Crippen LogP) is 1.86. The molecule has 1 aromatic heterocycles. The van der Waals surface area contributed by atoms with E-state index in [0.717, 1.165) is 6.54 Å². The molecule has 0 bridgehead atoms. The summed E-state index contributed by atoms with van der Waals surface area (Å²) in [6.45, 7) is 9.79. The summed E-state index contributed by atoms with van der Waals surface area (Å²) >= 11 is 1.73. The van der Waals surface area contributed by atoms with Crippen LogP contribution in [0.3, 0.4) is 0 Å². The number of rotatable bonds is 8. The van der Waals surface area contributed by atoms with Crippen molar-refractivity contribution in [3.05, 3.63) is 22.4 Å². The number of hydrogen-bond acceptors (Lipinski definition) is 5. The van der Waals surface area contributed by atoms with Gasteiger partial charge in [-0.3, -0.25) is 4.99 Å². The molecule has 1 fully saturated rings. The molecule has 10 heteroatoms. The summed E-state index contributed by atoms with van der Waals surface area (Å²) in [7, 11) is -3.26. The third kappa shape index (κ3) is 7.84. The summed E-state index contributed by atoms with van der Waals surface area (Å²) in [6.07, 6.45) is 0. The number of thiophene rings is 1. The lowest BCUT2D eigenvalue weighted by molar-refractivity contribution is 0.0730. The lowest BCUT2D eigenvalue weighted by Crippen LogP contribution is -2.45. The molecule has 0 atom stereocenters. The first-order chi connectivity index (χ1) is 12.3. The predicted molar refractivity (Wildman–Crippen MR) is 123 cm³/mol. The largest absolute Gasteiger partial charge is 0.379 e. The zero-order valence-corrected chi connectivity index (χ0v) is 20.2. The molecule has 2 rings (SSSR count). The molecule has 0 aromatic carbocycles. The fraction of sp³-hybridized carbons (Fsp3) is 0.706. The van der Waals surface area contributed by atoms with E-state index in [2.05, 4.69) is 40.9 Å². The van der Waals surface area contributed by atoms with Crippen LogP contribution in [0.4, 0.5) is 0 Å². The first kappa shape index (κ1) is 24.6. The second-order valence-corrected chi connectivity index (χ2v) is 9.85. The number of nitrogens with zero attached hydrogens (tertiary/aromatic N) is 2. The third-order valence-electron chi connectivity index (χ3n) is 4.18. The zero-order chi connectivity index (χ0) is 19.0. The van der Waals surface area contributed by atoms with Crippen molar-refractivity contribution in [1.29, 1.82) is 0 Å². The topological polar surface area (TPSA) is 83.0 Å². The molecule has 156 valence electrons. The molecule has 0 aliphatic carbocycles. The molecule has 27 heavy (non-hydrogen) atoms. The third-order valence-corrected chi connectivity index (χ3v) is 7.29. The number of hydrogen-bond donors (Lipinski definition) is 2. The quantitative estimate of drug-likeness (QED) is 0.305. The van der Waals surface area contributed by atoms with Crippen LogP contribution in [0.1, 0.15) is 25.6 Å². The Morgan fingerprint density at radius 3 is 2.63 bits per heavy atom. The van der Waals surface area contributed by atoms with Gasteiger partial charge in [-0.25, -0.2) is 8.42 Å². The van der Waals surface area contributed by atoms with Gasteiger partial charge < -0.3 is 15.4 Å². The van der Waals surface area contributed by atoms with Gasteiger partial charge in [0, 0.05) is 36.5 Å². The van der Waals surface area contributed by atoms with Crippen molar-refractivity contribution in [2.45, 2.75) is 26.2 Å². The number of morpholine rings is 1. The first-order valence-electron chi connectivity index (χ1n) is 8.97. The number of sulfonamides is 1. The van der Waals surface area contributed by atoms with E-state index in [9.17, 15) is 8.42 Å². The van der Waals surface area contributed by atoms with E-state index in [0.29, 0.717) is 45.4 Å². The standard InChI is InChI=1S/C17H30N4O3S2.HI/c1-4-18-16(20-14-17(2,3)15-6-5-12-25-15)19-7-13-26(22,23)21-8-10-24-11-9-21;/h5-6,12H,4,7-11,13-14H2,1-3H3,(H2,18,19,20);1H. The van der Waals surface area contributed by atoms with Gasteiger partial charge in [-0.05, 0) is 18.4 Å². The van der Waals surface area contributed by atoms with E-state index in [-0.39, 0.29) is 35.1 Å². The van der Waals surface area contributed by atoms with Crippen molar-refractivity contribution in [1.82, 2.24) is 14.9 Å². The van der Waals surface area contributed by atoms with Crippen LogP contribution in [-0.4, -0.2) is 70.4 Å². The molecule has 1 aliphatic rings. The molecule has 7 nitrogen and oxygen atoms in total. The Kier molecular flexibility index (Phi) is 10.5. The Labute approximate surface area is 184 Å². The monoisotopic (exact) mass is 530 g/mol. The van der Waals surface area contributed by atoms with Crippen LogP contribution in [0.5, 0.6) is 0 Å². The molecule has 1 aliphatic heterocycles. The fourth-order valence-corrected chi connectivity index (χ4v) is 4.78. The van der Waals surface area contributed by atoms with E-state index >= 15 is 0 Å². The fourth-order valence-electron chi connectivity index (χ4n) is 2.61. The minimum absolute atomic E-state index is 0. The van der Waals surface area contributed by atoms with Gasteiger partial charge in [-0.1, -0.05) is 19.9 Å². The maximum absolute atomic E-state index is 12.4. The van der Waals surface area contributed by atoms with Crippen molar-refractivity contribution in [3.63, 3.8) is 0 Å². The average Bonchev–Trinajstić information content (AvgIpc) is 3.16. The zero-order valence-electron chi connectivity index (χ0n) is 16.2. The molecule has 2 heterocycles. The SMILES string of the molecule is CCNC(=NCC(C)(C)c1cccs1)NCCS(=O)(=O)N1CCOCC1.I. The highest BCUT2D eigenvalue weighted by atomic mass is 127. The van der Waals surface area contributed by atoms with E-state index in [1.165, 1.54) is 9.18 Å². The van der Waals surface area contributed by atoms with Gasteiger partial charge >= 0.3 is 0 Å². The molecule has 1 saturated heterocycles. The Morgan fingerprint density at radius 1 is 1.33 bits per heavy atom. The number of halogens is 1. The molecule has 0 spiro atoms. The summed E-state index contributed by atoms with van der Waals surface area (Å²) in [5.41, 5.74) is -0.0591.